The van der Waals surface area contributed by atoms with E-state index in [1.807, 2.05) is 0 Å². The second-order valence-corrected chi connectivity index (χ2v) is 7.85. The third-order valence-corrected chi connectivity index (χ3v) is 6.29. The van der Waals surface area contributed by atoms with Gasteiger partial charge in [0.2, 0.25) is 0 Å². The standard InChI is InChI=1S/C14H25BN2O2/c1-13(2)9-6-10(13)14(17)11(7-9)18-15(19-14)12(16)5-8-3-4-8/h8-12H,3-7,16-17H2,1-2H3/t9?,10-,11+,12-,14-/m0/s1. The van der Waals surface area contributed by atoms with Gasteiger partial charge in [0.05, 0.1) is 6.10 Å². The van der Waals surface area contributed by atoms with Crippen LogP contribution >= 0.6 is 0 Å². The van der Waals surface area contributed by atoms with Gasteiger partial charge in [0.15, 0.2) is 0 Å². The van der Waals surface area contributed by atoms with E-state index in [2.05, 4.69) is 13.8 Å². The van der Waals surface area contributed by atoms with Crippen LogP contribution in [0.4, 0.5) is 0 Å². The molecule has 2 bridgehead atoms. The van der Waals surface area contributed by atoms with E-state index in [1.165, 1.54) is 19.3 Å². The number of hydrogen-bond donors (Lipinski definition) is 2. The van der Waals surface area contributed by atoms with Crippen LogP contribution in [0.3, 0.4) is 0 Å². The maximum Gasteiger partial charge on any atom is 0.476 e. The van der Waals surface area contributed by atoms with Crippen LogP contribution in [0.2, 0.25) is 0 Å². The first-order valence-electron chi connectivity index (χ1n) is 7.79. The molecule has 4 nitrogen and oxygen atoms in total. The number of hydrogen-bond acceptors (Lipinski definition) is 4. The van der Waals surface area contributed by atoms with E-state index < -0.39 is 5.72 Å². The molecule has 5 rings (SSSR count). The van der Waals surface area contributed by atoms with Gasteiger partial charge in [-0.25, -0.2) is 0 Å². The normalized spacial score (nSPS) is 48.6. The molecule has 1 aliphatic heterocycles. The minimum atomic E-state index is -0.593. The Morgan fingerprint density at radius 2 is 2.05 bits per heavy atom. The summed E-state index contributed by atoms with van der Waals surface area (Å²) >= 11 is 0. The SMILES string of the molecule is CC1(C)C2C[C@H]3OB([C@@H](N)CC4CC4)O[C@@]3(N)[C@H]1C2. The third-order valence-electron chi connectivity index (χ3n) is 6.29. The summed E-state index contributed by atoms with van der Waals surface area (Å²) in [4.78, 5) is 0. The molecule has 4 aliphatic carbocycles. The molecule has 0 aromatic rings. The summed E-state index contributed by atoms with van der Waals surface area (Å²) in [5.41, 5.74) is 12.5. The molecule has 5 aliphatic rings. The smallest absolute Gasteiger partial charge is 0.403 e. The lowest BCUT2D eigenvalue weighted by Crippen LogP contribution is -2.70. The molecule has 106 valence electrons. The minimum Gasteiger partial charge on any atom is -0.403 e. The molecule has 1 saturated heterocycles. The maximum absolute atomic E-state index is 6.59. The van der Waals surface area contributed by atoms with Crippen molar-refractivity contribution < 1.29 is 9.31 Å². The molecule has 0 radical (unpaired) electrons. The molecule has 1 unspecified atom stereocenters. The lowest BCUT2D eigenvalue weighted by molar-refractivity contribution is -0.205. The van der Waals surface area contributed by atoms with Gasteiger partial charge in [0, 0.05) is 11.9 Å². The summed E-state index contributed by atoms with van der Waals surface area (Å²) in [6.07, 6.45) is 5.93. The maximum atomic E-state index is 6.59. The largest absolute Gasteiger partial charge is 0.476 e. The molecule has 1 heterocycles. The van der Waals surface area contributed by atoms with Crippen LogP contribution in [0.1, 0.15) is 46.0 Å². The topological polar surface area (TPSA) is 70.5 Å². The molecular formula is C14H25BN2O2. The van der Waals surface area contributed by atoms with Crippen LogP contribution in [0.15, 0.2) is 0 Å². The van der Waals surface area contributed by atoms with Gasteiger partial charge >= 0.3 is 7.12 Å². The summed E-state index contributed by atoms with van der Waals surface area (Å²) in [6, 6.07) is 0. The van der Waals surface area contributed by atoms with Gasteiger partial charge < -0.3 is 20.8 Å². The van der Waals surface area contributed by atoms with Crippen molar-refractivity contribution in [3.63, 3.8) is 0 Å². The van der Waals surface area contributed by atoms with Crippen LogP contribution in [0.5, 0.6) is 0 Å². The van der Waals surface area contributed by atoms with E-state index in [1.54, 1.807) is 0 Å². The Morgan fingerprint density at radius 1 is 1.32 bits per heavy atom. The van der Waals surface area contributed by atoms with Crippen molar-refractivity contribution in [1.82, 2.24) is 0 Å². The molecule has 5 fully saturated rings. The second kappa shape index (κ2) is 3.76. The van der Waals surface area contributed by atoms with Crippen molar-refractivity contribution >= 4 is 7.12 Å². The molecule has 4 N–H and O–H groups in total. The molecule has 0 spiro atoms. The van der Waals surface area contributed by atoms with Crippen molar-refractivity contribution in [3.8, 4) is 0 Å². The first-order chi connectivity index (χ1) is 8.91. The average Bonchev–Trinajstić information content (AvgIpc) is 3.06. The summed E-state index contributed by atoms with van der Waals surface area (Å²) in [5, 5.41) is 0. The van der Waals surface area contributed by atoms with Crippen LogP contribution in [-0.4, -0.2) is 24.9 Å². The zero-order valence-corrected chi connectivity index (χ0v) is 12.0. The predicted octanol–water partition coefficient (Wildman–Crippen LogP) is 1.28. The van der Waals surface area contributed by atoms with Crippen LogP contribution in [0, 0.1) is 23.2 Å². The quantitative estimate of drug-likeness (QED) is 0.753. The molecule has 19 heavy (non-hydrogen) atoms. The van der Waals surface area contributed by atoms with Crippen molar-refractivity contribution in [2.45, 2.75) is 63.7 Å². The Balaban J connectivity index is 1.50. The van der Waals surface area contributed by atoms with Gasteiger partial charge in [0.1, 0.15) is 5.72 Å². The highest BCUT2D eigenvalue weighted by molar-refractivity contribution is 6.47. The zero-order chi connectivity index (χ0) is 13.4. The van der Waals surface area contributed by atoms with E-state index in [9.17, 15) is 0 Å². The molecule has 0 aromatic carbocycles. The molecule has 4 saturated carbocycles. The fraction of sp³-hybridized carbons (Fsp3) is 1.00. The summed E-state index contributed by atoms with van der Waals surface area (Å²) in [5.74, 6) is 1.94. The molecule has 5 heteroatoms. The Bertz CT molecular complexity index is 401. The molecule has 0 amide bonds. The van der Waals surface area contributed by atoms with E-state index in [0.717, 1.165) is 24.7 Å². The van der Waals surface area contributed by atoms with Gasteiger partial charge in [-0.15, -0.1) is 0 Å². The number of rotatable bonds is 3. The molecule has 5 atom stereocenters. The third kappa shape index (κ3) is 1.68. The van der Waals surface area contributed by atoms with Crippen LogP contribution < -0.4 is 11.5 Å². The molecular weight excluding hydrogens is 239 g/mol. The monoisotopic (exact) mass is 264 g/mol. The molecule has 0 aromatic heterocycles. The lowest BCUT2D eigenvalue weighted by atomic mass is 9.45. The Morgan fingerprint density at radius 3 is 2.68 bits per heavy atom. The van der Waals surface area contributed by atoms with E-state index in [4.69, 9.17) is 20.8 Å². The van der Waals surface area contributed by atoms with Crippen molar-refractivity contribution in [2.24, 2.45) is 34.6 Å². The highest BCUT2D eigenvalue weighted by Crippen LogP contribution is 2.64. The lowest BCUT2D eigenvalue weighted by Gasteiger charge is -2.64. The zero-order valence-electron chi connectivity index (χ0n) is 12.0. The average molecular weight is 264 g/mol. The number of nitrogens with two attached hydrogens (primary N) is 2. The van der Waals surface area contributed by atoms with Gasteiger partial charge in [-0.2, -0.15) is 0 Å². The van der Waals surface area contributed by atoms with Crippen LogP contribution in [0.25, 0.3) is 0 Å². The second-order valence-electron chi connectivity index (χ2n) is 7.85. The first-order valence-corrected chi connectivity index (χ1v) is 7.79. The van der Waals surface area contributed by atoms with Crippen molar-refractivity contribution in [2.75, 3.05) is 0 Å². The Kier molecular flexibility index (Phi) is 2.50. The van der Waals surface area contributed by atoms with Gasteiger partial charge in [-0.1, -0.05) is 26.7 Å². The van der Waals surface area contributed by atoms with E-state index in [0.29, 0.717) is 11.3 Å². The summed E-state index contributed by atoms with van der Waals surface area (Å²) in [7, 11) is -0.286. The summed E-state index contributed by atoms with van der Waals surface area (Å²) in [6.45, 7) is 4.63. The Labute approximate surface area is 115 Å². The minimum absolute atomic E-state index is 0.0150. The highest BCUT2D eigenvalue weighted by Gasteiger charge is 2.69. The van der Waals surface area contributed by atoms with Gasteiger partial charge in [-0.3, -0.25) is 0 Å². The van der Waals surface area contributed by atoms with Crippen LogP contribution in [-0.2, 0) is 9.31 Å². The van der Waals surface area contributed by atoms with Gasteiger partial charge in [-0.05, 0) is 36.5 Å². The van der Waals surface area contributed by atoms with E-state index >= 15 is 0 Å². The fourth-order valence-corrected chi connectivity index (χ4v) is 4.60. The van der Waals surface area contributed by atoms with Crippen molar-refractivity contribution in [1.29, 1.82) is 0 Å². The van der Waals surface area contributed by atoms with Gasteiger partial charge in [0.25, 0.3) is 0 Å². The first kappa shape index (κ1) is 12.6. The highest BCUT2D eigenvalue weighted by atomic mass is 16.7. The van der Waals surface area contributed by atoms with E-state index in [-0.39, 0.29) is 19.2 Å². The van der Waals surface area contributed by atoms with Crippen molar-refractivity contribution in [3.05, 3.63) is 0 Å². The predicted molar refractivity (Wildman–Crippen MR) is 73.9 cm³/mol. The fourth-order valence-electron chi connectivity index (χ4n) is 4.60. The Hall–Kier alpha value is -0.0951. The summed E-state index contributed by atoms with van der Waals surface area (Å²) < 4.78 is 12.2.